The molecule has 6 rings (SSSR count). The number of hydrogen-bond acceptors (Lipinski definition) is 5. The molecule has 3 N–H and O–H groups in total. The first kappa shape index (κ1) is 25.6. The third-order valence-electron chi connectivity index (χ3n) is 7.72. The molecule has 0 radical (unpaired) electrons. The standard InChI is InChI=1S/C29H31F3N6O/c1-17(10-18-11-21(30)14-22(31)27(18)32)34-23-4-5-33-29(39)26(23)28-35-24-12-19-15-38(9-8-37-6-2-3-7-37)16-20(19)13-25(24)36-28/h4-5,11-14,17H,2-3,6-10,15-16H2,1H3,(H,35,36)(H2,33,34,39)/t17-/m0/s1. The zero-order chi connectivity index (χ0) is 27.1. The molecule has 2 aromatic carbocycles. The second-order valence-corrected chi connectivity index (χ2v) is 10.7. The Morgan fingerprint density at radius 1 is 1.03 bits per heavy atom. The van der Waals surface area contributed by atoms with E-state index < -0.39 is 23.5 Å². The van der Waals surface area contributed by atoms with Gasteiger partial charge in [0.15, 0.2) is 11.6 Å². The number of aromatic amines is 2. The van der Waals surface area contributed by atoms with Crippen LogP contribution >= 0.6 is 0 Å². The number of hydrogen-bond donors (Lipinski definition) is 3. The molecular weight excluding hydrogens is 505 g/mol. The fourth-order valence-corrected chi connectivity index (χ4v) is 5.78. The van der Waals surface area contributed by atoms with E-state index in [0.717, 1.165) is 43.3 Å². The van der Waals surface area contributed by atoms with Gasteiger partial charge in [0.05, 0.1) is 16.7 Å². The highest BCUT2D eigenvalue weighted by molar-refractivity contribution is 5.84. The van der Waals surface area contributed by atoms with E-state index in [0.29, 0.717) is 23.1 Å². The topological polar surface area (TPSA) is 80.0 Å². The van der Waals surface area contributed by atoms with Crippen LogP contribution < -0.4 is 10.9 Å². The van der Waals surface area contributed by atoms with Gasteiger partial charge in [0.1, 0.15) is 17.2 Å². The molecule has 0 spiro atoms. The summed E-state index contributed by atoms with van der Waals surface area (Å²) in [6.07, 6.45) is 4.13. The number of pyridine rings is 1. The Hall–Kier alpha value is -3.63. The average molecular weight is 537 g/mol. The van der Waals surface area contributed by atoms with Crippen molar-refractivity contribution in [3.63, 3.8) is 0 Å². The van der Waals surface area contributed by atoms with E-state index in [-0.39, 0.29) is 17.5 Å². The van der Waals surface area contributed by atoms with Gasteiger partial charge in [-0.3, -0.25) is 9.69 Å². The van der Waals surface area contributed by atoms with Crippen LogP contribution in [0.3, 0.4) is 0 Å². The van der Waals surface area contributed by atoms with Gasteiger partial charge in [-0.05, 0) is 80.2 Å². The van der Waals surface area contributed by atoms with Gasteiger partial charge in [0.2, 0.25) is 0 Å². The van der Waals surface area contributed by atoms with Crippen LogP contribution in [0.15, 0.2) is 41.3 Å². The molecule has 0 saturated carbocycles. The van der Waals surface area contributed by atoms with E-state index in [1.807, 2.05) is 0 Å². The van der Waals surface area contributed by atoms with Gasteiger partial charge >= 0.3 is 0 Å². The molecule has 2 aliphatic heterocycles. The number of halogens is 3. The van der Waals surface area contributed by atoms with Crippen LogP contribution in [-0.2, 0) is 19.5 Å². The molecule has 10 heteroatoms. The normalized spacial score (nSPS) is 16.7. The van der Waals surface area contributed by atoms with Gasteiger partial charge in [-0.15, -0.1) is 0 Å². The third-order valence-corrected chi connectivity index (χ3v) is 7.72. The maximum absolute atomic E-state index is 14.2. The Bertz CT molecular complexity index is 1530. The monoisotopic (exact) mass is 536 g/mol. The lowest BCUT2D eigenvalue weighted by molar-refractivity contribution is 0.228. The number of imidazole rings is 1. The maximum Gasteiger partial charge on any atom is 0.261 e. The van der Waals surface area contributed by atoms with Crippen LogP contribution in [0.4, 0.5) is 18.9 Å². The lowest BCUT2D eigenvalue weighted by atomic mass is 10.1. The van der Waals surface area contributed by atoms with E-state index in [1.54, 1.807) is 13.0 Å². The number of aromatic nitrogens is 3. The highest BCUT2D eigenvalue weighted by Crippen LogP contribution is 2.30. The fraction of sp³-hybridized carbons (Fsp3) is 0.379. The molecule has 1 atom stereocenters. The number of H-pyrrole nitrogens is 2. The summed E-state index contributed by atoms with van der Waals surface area (Å²) in [6, 6.07) is 6.98. The van der Waals surface area contributed by atoms with Crippen LogP contribution in [-0.4, -0.2) is 57.0 Å². The summed E-state index contributed by atoms with van der Waals surface area (Å²) in [7, 11) is 0. The molecule has 1 fully saturated rings. The van der Waals surface area contributed by atoms with Crippen LogP contribution in [0.2, 0.25) is 0 Å². The largest absolute Gasteiger partial charge is 0.381 e. The number of anilines is 1. The van der Waals surface area contributed by atoms with Crippen molar-refractivity contribution >= 4 is 16.7 Å². The molecule has 2 aromatic heterocycles. The second kappa shape index (κ2) is 10.5. The summed E-state index contributed by atoms with van der Waals surface area (Å²) in [5.74, 6) is -2.72. The van der Waals surface area contributed by atoms with Gasteiger partial charge in [0.25, 0.3) is 5.56 Å². The first-order valence-electron chi connectivity index (χ1n) is 13.4. The number of nitrogens with zero attached hydrogens (tertiary/aromatic N) is 3. The Morgan fingerprint density at radius 2 is 1.77 bits per heavy atom. The van der Waals surface area contributed by atoms with Gasteiger partial charge in [0, 0.05) is 44.5 Å². The van der Waals surface area contributed by atoms with E-state index in [4.69, 9.17) is 4.98 Å². The van der Waals surface area contributed by atoms with Crippen molar-refractivity contribution in [2.24, 2.45) is 0 Å². The van der Waals surface area contributed by atoms with Crippen molar-refractivity contribution in [2.45, 2.75) is 45.3 Å². The van der Waals surface area contributed by atoms with Crippen molar-refractivity contribution in [3.05, 3.63) is 81.0 Å². The predicted octanol–water partition coefficient (Wildman–Crippen LogP) is 4.79. The molecule has 39 heavy (non-hydrogen) atoms. The molecule has 4 heterocycles. The maximum atomic E-state index is 14.2. The Labute approximate surface area is 224 Å². The van der Waals surface area contributed by atoms with E-state index in [9.17, 15) is 18.0 Å². The summed E-state index contributed by atoms with van der Waals surface area (Å²) < 4.78 is 41.5. The minimum atomic E-state index is -1.22. The number of fused-ring (bicyclic) bond motifs is 2. The van der Waals surface area contributed by atoms with Crippen molar-refractivity contribution in [3.8, 4) is 11.4 Å². The SMILES string of the molecule is C[C@@H](Cc1cc(F)cc(F)c1F)Nc1cc[nH]c(=O)c1-c1nc2cc3c(cc2[nH]1)CN(CCN1CCCC1)C3. The van der Waals surface area contributed by atoms with Crippen molar-refractivity contribution in [1.29, 1.82) is 0 Å². The molecule has 0 amide bonds. The lowest BCUT2D eigenvalue weighted by Gasteiger charge is -2.20. The molecule has 1 saturated heterocycles. The smallest absolute Gasteiger partial charge is 0.261 e. The Balaban J connectivity index is 1.21. The number of likely N-dealkylation sites (tertiary alicyclic amines) is 1. The van der Waals surface area contributed by atoms with Gasteiger partial charge in [-0.2, -0.15) is 0 Å². The highest BCUT2D eigenvalue weighted by atomic mass is 19.2. The van der Waals surface area contributed by atoms with E-state index in [1.165, 1.54) is 43.3 Å². The van der Waals surface area contributed by atoms with E-state index in [2.05, 4.69) is 37.2 Å². The minimum absolute atomic E-state index is 0.0217. The van der Waals surface area contributed by atoms with Gasteiger partial charge in [-0.1, -0.05) is 0 Å². The van der Waals surface area contributed by atoms with Gasteiger partial charge in [-0.25, -0.2) is 18.2 Å². The molecule has 2 aliphatic rings. The second-order valence-electron chi connectivity index (χ2n) is 10.7. The first-order valence-corrected chi connectivity index (χ1v) is 13.4. The molecule has 0 aliphatic carbocycles. The van der Waals surface area contributed by atoms with Crippen LogP contribution in [0, 0.1) is 17.5 Å². The molecule has 0 bridgehead atoms. The van der Waals surface area contributed by atoms with Gasteiger partial charge < -0.3 is 20.2 Å². The molecule has 204 valence electrons. The molecule has 0 unspecified atom stereocenters. The van der Waals surface area contributed by atoms with Crippen molar-refractivity contribution in [2.75, 3.05) is 31.5 Å². The first-order chi connectivity index (χ1) is 18.8. The minimum Gasteiger partial charge on any atom is -0.381 e. The fourth-order valence-electron chi connectivity index (χ4n) is 5.78. The van der Waals surface area contributed by atoms with Crippen molar-refractivity contribution < 1.29 is 13.2 Å². The third kappa shape index (κ3) is 5.31. The summed E-state index contributed by atoms with van der Waals surface area (Å²) in [5.41, 5.74) is 4.54. The number of benzene rings is 2. The molecular formula is C29H31F3N6O. The average Bonchev–Trinajstić information content (AvgIpc) is 3.63. The molecule has 4 aromatic rings. The van der Waals surface area contributed by atoms with Crippen LogP contribution in [0.25, 0.3) is 22.4 Å². The van der Waals surface area contributed by atoms with Crippen LogP contribution in [0.1, 0.15) is 36.5 Å². The number of rotatable bonds is 8. The highest BCUT2D eigenvalue weighted by Gasteiger charge is 2.23. The van der Waals surface area contributed by atoms with Crippen LogP contribution in [0.5, 0.6) is 0 Å². The summed E-state index contributed by atoms with van der Waals surface area (Å²) in [6.45, 7) is 8.07. The Kier molecular flexibility index (Phi) is 6.90. The zero-order valence-corrected chi connectivity index (χ0v) is 21.8. The summed E-state index contributed by atoms with van der Waals surface area (Å²) in [4.78, 5) is 28.6. The zero-order valence-electron chi connectivity index (χ0n) is 21.8. The lowest BCUT2D eigenvalue weighted by Crippen LogP contribution is -2.30. The van der Waals surface area contributed by atoms with Crippen molar-refractivity contribution in [1.82, 2.24) is 24.8 Å². The number of nitrogens with one attached hydrogen (secondary N) is 3. The molecule has 7 nitrogen and oxygen atoms in total. The quantitative estimate of drug-likeness (QED) is 0.282. The summed E-state index contributed by atoms with van der Waals surface area (Å²) >= 11 is 0. The summed E-state index contributed by atoms with van der Waals surface area (Å²) in [5, 5.41) is 3.19. The predicted molar refractivity (Wildman–Crippen MR) is 145 cm³/mol. The Morgan fingerprint density at radius 3 is 2.56 bits per heavy atom. The van der Waals surface area contributed by atoms with E-state index >= 15 is 0 Å².